The summed E-state index contributed by atoms with van der Waals surface area (Å²) in [6.07, 6.45) is 2.16. The zero-order valence-corrected chi connectivity index (χ0v) is 13.0. The molecule has 6 nitrogen and oxygen atoms in total. The van der Waals surface area contributed by atoms with Crippen LogP contribution in [0.2, 0.25) is 0 Å². The maximum absolute atomic E-state index is 12.5. The number of benzene rings is 1. The number of carboxylic acids is 1. The van der Waals surface area contributed by atoms with Crippen molar-refractivity contribution in [2.24, 2.45) is 5.92 Å². The van der Waals surface area contributed by atoms with Gasteiger partial charge in [0, 0.05) is 55.7 Å². The molecule has 2 aliphatic heterocycles. The maximum atomic E-state index is 12.5. The van der Waals surface area contributed by atoms with Crippen molar-refractivity contribution in [2.45, 2.75) is 18.9 Å². The van der Waals surface area contributed by atoms with Gasteiger partial charge < -0.3 is 20.2 Å². The highest BCUT2D eigenvalue weighted by atomic mass is 16.4. The number of piperazine rings is 1. The van der Waals surface area contributed by atoms with Gasteiger partial charge in [-0.05, 0) is 31.0 Å². The molecular formula is C17H21N3O3. The summed E-state index contributed by atoms with van der Waals surface area (Å²) >= 11 is 0. The molecule has 1 unspecified atom stereocenters. The monoisotopic (exact) mass is 315 g/mol. The fourth-order valence-electron chi connectivity index (χ4n) is 3.57. The van der Waals surface area contributed by atoms with Crippen LogP contribution in [0.5, 0.6) is 0 Å². The highest BCUT2D eigenvalue weighted by Crippen LogP contribution is 2.40. The third-order valence-electron chi connectivity index (χ3n) is 5.02. The first-order chi connectivity index (χ1) is 11.1. The van der Waals surface area contributed by atoms with Gasteiger partial charge in [0.25, 0.3) is 0 Å². The summed E-state index contributed by atoms with van der Waals surface area (Å²) in [5.41, 5.74) is 2.61. The van der Waals surface area contributed by atoms with Crippen molar-refractivity contribution in [3.05, 3.63) is 23.8 Å². The molecule has 6 heteroatoms. The molecule has 0 aromatic heterocycles. The van der Waals surface area contributed by atoms with Crippen molar-refractivity contribution < 1.29 is 14.7 Å². The second-order valence-corrected chi connectivity index (χ2v) is 6.58. The molecule has 2 N–H and O–H groups in total. The fourth-order valence-corrected chi connectivity index (χ4v) is 3.57. The van der Waals surface area contributed by atoms with E-state index < -0.39 is 11.9 Å². The van der Waals surface area contributed by atoms with Crippen LogP contribution in [0, 0.1) is 5.92 Å². The Bertz CT molecular complexity index is 650. The molecule has 0 spiro atoms. The van der Waals surface area contributed by atoms with Gasteiger partial charge in [-0.1, -0.05) is 0 Å². The smallest absolute Gasteiger partial charge is 0.316 e. The molecule has 1 aromatic rings. The normalized spacial score (nSPS) is 24.5. The van der Waals surface area contributed by atoms with Gasteiger partial charge in [-0.25, -0.2) is 0 Å². The number of hydrogen-bond acceptors (Lipinski definition) is 5. The number of carbonyl (C=O) groups is 2. The molecule has 1 saturated heterocycles. The van der Waals surface area contributed by atoms with Crippen molar-refractivity contribution >= 4 is 23.1 Å². The minimum atomic E-state index is -1.02. The van der Waals surface area contributed by atoms with Crippen LogP contribution in [-0.4, -0.2) is 55.6 Å². The second-order valence-electron chi connectivity index (χ2n) is 6.58. The van der Waals surface area contributed by atoms with Crippen LogP contribution in [0.3, 0.4) is 0 Å². The van der Waals surface area contributed by atoms with E-state index in [1.54, 1.807) is 0 Å². The Labute approximate surface area is 135 Å². The molecule has 23 heavy (non-hydrogen) atoms. The summed E-state index contributed by atoms with van der Waals surface area (Å²) in [5, 5.41) is 12.7. The molecule has 1 aromatic carbocycles. The van der Waals surface area contributed by atoms with E-state index in [9.17, 15) is 14.7 Å². The Balaban J connectivity index is 1.71. The number of rotatable bonds is 3. The lowest BCUT2D eigenvalue weighted by atomic mass is 9.90. The van der Waals surface area contributed by atoms with Crippen molar-refractivity contribution in [1.29, 1.82) is 0 Å². The summed E-state index contributed by atoms with van der Waals surface area (Å²) in [6.45, 7) is 4.13. The van der Waals surface area contributed by atoms with Gasteiger partial charge in [0.15, 0.2) is 5.78 Å². The van der Waals surface area contributed by atoms with Gasteiger partial charge in [0.1, 0.15) is 5.92 Å². The molecule has 1 atom stereocenters. The zero-order valence-electron chi connectivity index (χ0n) is 13.0. The second kappa shape index (κ2) is 5.53. The summed E-state index contributed by atoms with van der Waals surface area (Å²) in [7, 11) is 0. The molecule has 122 valence electrons. The summed E-state index contributed by atoms with van der Waals surface area (Å²) in [6, 6.07) is 6.24. The SMILES string of the molecule is O=C(O)C1CN(C2CC2)c2cc(N3CCNCC3)ccc2C1=O. The molecular weight excluding hydrogens is 294 g/mol. The van der Waals surface area contributed by atoms with Gasteiger partial charge in [-0.3, -0.25) is 9.59 Å². The number of fused-ring (bicyclic) bond motifs is 1. The average Bonchev–Trinajstić information content (AvgIpc) is 3.40. The molecule has 3 aliphatic rings. The van der Waals surface area contributed by atoms with Crippen LogP contribution in [0.1, 0.15) is 23.2 Å². The minimum Gasteiger partial charge on any atom is -0.481 e. The Hall–Kier alpha value is -2.08. The predicted octanol–water partition coefficient (Wildman–Crippen LogP) is 0.962. The fraction of sp³-hybridized carbons (Fsp3) is 0.529. The molecule has 1 saturated carbocycles. The minimum absolute atomic E-state index is 0.253. The van der Waals surface area contributed by atoms with Crippen LogP contribution in [-0.2, 0) is 4.79 Å². The lowest BCUT2D eigenvalue weighted by Crippen LogP contribution is -2.45. The first kappa shape index (κ1) is 14.5. The van der Waals surface area contributed by atoms with Crippen molar-refractivity contribution in [3.8, 4) is 0 Å². The van der Waals surface area contributed by atoms with Crippen molar-refractivity contribution in [1.82, 2.24) is 5.32 Å². The van der Waals surface area contributed by atoms with Gasteiger partial charge in [0.05, 0.1) is 0 Å². The topological polar surface area (TPSA) is 72.9 Å². The summed E-state index contributed by atoms with van der Waals surface area (Å²) in [4.78, 5) is 28.4. The van der Waals surface area contributed by atoms with Crippen molar-refractivity contribution in [2.75, 3.05) is 42.5 Å². The Morgan fingerprint density at radius 2 is 1.96 bits per heavy atom. The first-order valence-electron chi connectivity index (χ1n) is 8.28. The Morgan fingerprint density at radius 1 is 1.22 bits per heavy atom. The first-order valence-corrected chi connectivity index (χ1v) is 8.28. The van der Waals surface area contributed by atoms with Gasteiger partial charge in [-0.2, -0.15) is 0 Å². The van der Waals surface area contributed by atoms with Crippen LogP contribution < -0.4 is 15.1 Å². The number of carbonyl (C=O) groups excluding carboxylic acids is 1. The molecule has 1 aliphatic carbocycles. The molecule has 4 rings (SSSR count). The number of hydrogen-bond donors (Lipinski definition) is 2. The van der Waals surface area contributed by atoms with E-state index in [2.05, 4.69) is 21.2 Å². The van der Waals surface area contributed by atoms with E-state index in [1.807, 2.05) is 12.1 Å². The standard InChI is InChI=1S/C17H21N3O3/c21-16-13-4-3-12(19-7-5-18-6-8-19)9-15(13)20(11-1-2-11)10-14(16)17(22)23/h3-4,9,11,14,18H,1-2,5-8,10H2,(H,22,23). The average molecular weight is 315 g/mol. The van der Waals surface area contributed by atoms with E-state index in [0.29, 0.717) is 18.2 Å². The number of nitrogens with zero attached hydrogens (tertiary/aromatic N) is 2. The Morgan fingerprint density at radius 3 is 2.61 bits per heavy atom. The van der Waals surface area contributed by atoms with Crippen LogP contribution in [0.25, 0.3) is 0 Å². The molecule has 0 radical (unpaired) electrons. The number of nitrogens with one attached hydrogen (secondary N) is 1. The van der Waals surface area contributed by atoms with E-state index in [0.717, 1.165) is 50.4 Å². The number of ketones is 1. The summed E-state index contributed by atoms with van der Waals surface area (Å²) in [5.74, 6) is -2.21. The van der Waals surface area contributed by atoms with Crippen LogP contribution in [0.15, 0.2) is 18.2 Å². The van der Waals surface area contributed by atoms with E-state index in [1.165, 1.54) is 0 Å². The number of aliphatic carboxylic acids is 1. The lowest BCUT2D eigenvalue weighted by Gasteiger charge is -2.36. The van der Waals surface area contributed by atoms with E-state index in [4.69, 9.17) is 0 Å². The van der Waals surface area contributed by atoms with Crippen molar-refractivity contribution in [3.63, 3.8) is 0 Å². The van der Waals surface area contributed by atoms with Gasteiger partial charge in [-0.15, -0.1) is 0 Å². The number of carboxylic acid groups (broad SMARTS) is 1. The Kier molecular flexibility index (Phi) is 3.49. The van der Waals surface area contributed by atoms with Crippen LogP contribution >= 0.6 is 0 Å². The summed E-state index contributed by atoms with van der Waals surface area (Å²) < 4.78 is 0. The molecule has 0 amide bonds. The predicted molar refractivity (Wildman–Crippen MR) is 87.3 cm³/mol. The lowest BCUT2D eigenvalue weighted by molar-refractivity contribution is -0.139. The molecule has 2 heterocycles. The van der Waals surface area contributed by atoms with E-state index in [-0.39, 0.29) is 5.78 Å². The zero-order chi connectivity index (χ0) is 16.0. The third-order valence-corrected chi connectivity index (χ3v) is 5.02. The number of anilines is 2. The molecule has 2 fully saturated rings. The largest absolute Gasteiger partial charge is 0.481 e. The van der Waals surface area contributed by atoms with E-state index >= 15 is 0 Å². The quantitative estimate of drug-likeness (QED) is 0.810. The van der Waals surface area contributed by atoms with Gasteiger partial charge >= 0.3 is 5.97 Å². The number of Topliss-reactive ketones (excluding diaryl/α,β-unsaturated/α-hetero) is 1. The van der Waals surface area contributed by atoms with Crippen LogP contribution in [0.4, 0.5) is 11.4 Å². The highest BCUT2D eigenvalue weighted by molar-refractivity contribution is 6.13. The third kappa shape index (κ3) is 2.57. The van der Waals surface area contributed by atoms with Gasteiger partial charge in [0.2, 0.25) is 0 Å². The maximum Gasteiger partial charge on any atom is 0.316 e. The highest BCUT2D eigenvalue weighted by Gasteiger charge is 2.42. The molecule has 0 bridgehead atoms.